The van der Waals surface area contributed by atoms with Gasteiger partial charge in [-0.25, -0.2) is 0 Å². The Hall–Kier alpha value is -3.33. The number of benzene rings is 2. The Balaban J connectivity index is 1.94. The normalized spacial score (nSPS) is 9.67. The maximum Gasteiger partial charge on any atom is 0.255 e. The summed E-state index contributed by atoms with van der Waals surface area (Å²) in [7, 11) is 1.55. The highest BCUT2D eigenvalue weighted by Crippen LogP contribution is 2.15. The van der Waals surface area contributed by atoms with Gasteiger partial charge in [0.25, 0.3) is 5.91 Å². The molecule has 0 saturated carbocycles. The molecule has 0 aromatic heterocycles. The van der Waals surface area contributed by atoms with Gasteiger partial charge in [-0.1, -0.05) is 18.2 Å². The third kappa shape index (κ3) is 4.85. The molecule has 2 N–H and O–H groups in total. The molecular weight excluding hydrogens is 306 g/mol. The van der Waals surface area contributed by atoms with Crippen LogP contribution in [0, 0.1) is 11.3 Å². The lowest BCUT2D eigenvalue weighted by Gasteiger charge is -2.08. The van der Waals surface area contributed by atoms with E-state index in [0.717, 1.165) is 5.56 Å². The van der Waals surface area contributed by atoms with Crippen LogP contribution < -0.4 is 15.4 Å². The van der Waals surface area contributed by atoms with E-state index in [0.29, 0.717) is 23.5 Å². The Morgan fingerprint density at radius 1 is 1.17 bits per heavy atom. The second-order valence-electron chi connectivity index (χ2n) is 4.99. The van der Waals surface area contributed by atoms with Crippen molar-refractivity contribution in [3.63, 3.8) is 0 Å². The van der Waals surface area contributed by atoms with E-state index in [4.69, 9.17) is 10.00 Å². The second-order valence-corrected chi connectivity index (χ2v) is 4.99. The number of methoxy groups -OCH3 is 1. The fourth-order valence-corrected chi connectivity index (χ4v) is 2.01. The molecule has 122 valence electrons. The number of rotatable bonds is 6. The summed E-state index contributed by atoms with van der Waals surface area (Å²) < 4.78 is 5.10. The van der Waals surface area contributed by atoms with E-state index < -0.39 is 0 Å². The number of anilines is 1. The maximum atomic E-state index is 12.2. The van der Waals surface area contributed by atoms with Crippen LogP contribution in [0.4, 0.5) is 5.69 Å². The molecular formula is C18H17N3O3. The minimum absolute atomic E-state index is 0.158. The molecule has 6 nitrogen and oxygen atoms in total. The summed E-state index contributed by atoms with van der Waals surface area (Å²) in [6, 6.07) is 15.8. The number of carbonyl (C=O) groups is 2. The van der Waals surface area contributed by atoms with E-state index in [9.17, 15) is 9.59 Å². The number of nitrogens with zero attached hydrogens (tertiary/aromatic N) is 1. The molecule has 0 saturated heterocycles. The van der Waals surface area contributed by atoms with Crippen molar-refractivity contribution < 1.29 is 14.3 Å². The number of hydrogen-bond donors (Lipinski definition) is 2. The minimum Gasteiger partial charge on any atom is -0.497 e. The van der Waals surface area contributed by atoms with Crippen molar-refractivity contribution in [3.05, 3.63) is 59.7 Å². The molecule has 0 fully saturated rings. The number of hydrogen-bond acceptors (Lipinski definition) is 4. The second kappa shape index (κ2) is 8.34. The Morgan fingerprint density at radius 2 is 1.92 bits per heavy atom. The first-order valence-electron chi connectivity index (χ1n) is 7.30. The van der Waals surface area contributed by atoms with Gasteiger partial charge in [-0.05, 0) is 35.9 Å². The quantitative estimate of drug-likeness (QED) is 0.854. The molecule has 2 aromatic carbocycles. The Labute approximate surface area is 140 Å². The SMILES string of the molecule is COc1cccc(C(=O)Nc2ccc(CNC(=O)CC#N)cc2)c1. The molecule has 0 unspecified atom stereocenters. The summed E-state index contributed by atoms with van der Waals surface area (Å²) in [5.41, 5.74) is 2.03. The van der Waals surface area contributed by atoms with Crippen molar-refractivity contribution >= 4 is 17.5 Å². The Kier molecular flexibility index (Phi) is 5.92. The van der Waals surface area contributed by atoms with Gasteiger partial charge in [0.1, 0.15) is 12.2 Å². The highest BCUT2D eigenvalue weighted by atomic mass is 16.5. The van der Waals surface area contributed by atoms with Crippen molar-refractivity contribution in [3.8, 4) is 11.8 Å². The lowest BCUT2D eigenvalue weighted by molar-refractivity contribution is -0.120. The molecule has 0 bridgehead atoms. The van der Waals surface area contributed by atoms with Gasteiger partial charge in [0.15, 0.2) is 0 Å². The van der Waals surface area contributed by atoms with Crippen LogP contribution in [0.25, 0.3) is 0 Å². The van der Waals surface area contributed by atoms with Crippen molar-refractivity contribution in [2.24, 2.45) is 0 Å². The molecule has 2 amide bonds. The fourth-order valence-electron chi connectivity index (χ4n) is 2.01. The molecule has 0 atom stereocenters. The molecule has 0 heterocycles. The van der Waals surface area contributed by atoms with Gasteiger partial charge in [-0.3, -0.25) is 9.59 Å². The number of ether oxygens (including phenoxy) is 1. The topological polar surface area (TPSA) is 91.2 Å². The van der Waals surface area contributed by atoms with Crippen LogP contribution in [0.1, 0.15) is 22.3 Å². The predicted molar refractivity (Wildman–Crippen MR) is 89.5 cm³/mol. The molecule has 0 aliphatic carbocycles. The highest BCUT2D eigenvalue weighted by molar-refractivity contribution is 6.04. The van der Waals surface area contributed by atoms with Gasteiger partial charge in [-0.15, -0.1) is 0 Å². The predicted octanol–water partition coefficient (Wildman–Crippen LogP) is 2.48. The first-order valence-corrected chi connectivity index (χ1v) is 7.30. The van der Waals surface area contributed by atoms with Crippen molar-refractivity contribution in [1.29, 1.82) is 5.26 Å². The van der Waals surface area contributed by atoms with Crippen molar-refractivity contribution in [1.82, 2.24) is 5.32 Å². The molecule has 0 aliphatic heterocycles. The molecule has 2 rings (SSSR count). The van der Waals surface area contributed by atoms with E-state index in [1.54, 1.807) is 61.7 Å². The minimum atomic E-state index is -0.312. The molecule has 0 aliphatic rings. The van der Waals surface area contributed by atoms with E-state index >= 15 is 0 Å². The Morgan fingerprint density at radius 3 is 2.58 bits per heavy atom. The van der Waals surface area contributed by atoms with Crippen LogP contribution in [0.5, 0.6) is 5.75 Å². The molecule has 0 radical (unpaired) electrons. The van der Waals surface area contributed by atoms with E-state index in [1.807, 2.05) is 0 Å². The maximum absolute atomic E-state index is 12.2. The number of nitriles is 1. The van der Waals surface area contributed by atoms with Gasteiger partial charge in [0.2, 0.25) is 5.91 Å². The summed E-state index contributed by atoms with van der Waals surface area (Å²) >= 11 is 0. The highest BCUT2D eigenvalue weighted by Gasteiger charge is 2.07. The van der Waals surface area contributed by atoms with Crippen molar-refractivity contribution in [2.45, 2.75) is 13.0 Å². The zero-order valence-corrected chi connectivity index (χ0v) is 13.2. The average molecular weight is 323 g/mol. The fraction of sp³-hybridized carbons (Fsp3) is 0.167. The van der Waals surface area contributed by atoms with E-state index in [2.05, 4.69) is 10.6 Å². The van der Waals surface area contributed by atoms with Crippen LogP contribution in [-0.2, 0) is 11.3 Å². The molecule has 24 heavy (non-hydrogen) atoms. The summed E-state index contributed by atoms with van der Waals surface area (Å²) in [6.45, 7) is 0.338. The monoisotopic (exact) mass is 323 g/mol. The standard InChI is InChI=1S/C18H17N3O3/c1-24-16-4-2-3-14(11-16)18(23)21-15-7-5-13(6-8-15)12-20-17(22)9-10-19/h2-8,11H,9,12H2,1H3,(H,20,22)(H,21,23). The van der Waals surface area contributed by atoms with Gasteiger partial charge in [0, 0.05) is 17.8 Å². The van der Waals surface area contributed by atoms with Gasteiger partial charge < -0.3 is 15.4 Å². The number of carbonyl (C=O) groups excluding carboxylic acids is 2. The third-order valence-corrected chi connectivity index (χ3v) is 3.27. The van der Waals surface area contributed by atoms with Gasteiger partial charge in [0.05, 0.1) is 13.2 Å². The molecule has 0 spiro atoms. The zero-order chi connectivity index (χ0) is 17.4. The van der Waals surface area contributed by atoms with Crippen LogP contribution in [0.15, 0.2) is 48.5 Å². The number of nitrogens with one attached hydrogen (secondary N) is 2. The summed E-state index contributed by atoms with van der Waals surface area (Å²) in [5, 5.41) is 13.9. The molecule has 2 aromatic rings. The number of amides is 2. The average Bonchev–Trinajstić information content (AvgIpc) is 2.61. The molecule has 6 heteroatoms. The first kappa shape index (κ1) is 17.0. The van der Waals surface area contributed by atoms with Crippen LogP contribution in [-0.4, -0.2) is 18.9 Å². The van der Waals surface area contributed by atoms with E-state index in [1.165, 1.54) is 0 Å². The third-order valence-electron chi connectivity index (χ3n) is 3.27. The van der Waals surface area contributed by atoms with Gasteiger partial charge >= 0.3 is 0 Å². The zero-order valence-electron chi connectivity index (χ0n) is 13.2. The van der Waals surface area contributed by atoms with E-state index in [-0.39, 0.29) is 18.2 Å². The lowest BCUT2D eigenvalue weighted by atomic mass is 10.1. The van der Waals surface area contributed by atoms with Gasteiger partial charge in [-0.2, -0.15) is 5.26 Å². The van der Waals surface area contributed by atoms with Crippen molar-refractivity contribution in [2.75, 3.05) is 12.4 Å². The summed E-state index contributed by atoms with van der Waals surface area (Å²) in [6.07, 6.45) is -0.158. The summed E-state index contributed by atoms with van der Waals surface area (Å²) in [4.78, 5) is 23.4. The van der Waals surface area contributed by atoms with Crippen LogP contribution in [0.2, 0.25) is 0 Å². The smallest absolute Gasteiger partial charge is 0.255 e. The van der Waals surface area contributed by atoms with Crippen LogP contribution in [0.3, 0.4) is 0 Å². The first-order chi connectivity index (χ1) is 11.6. The Bertz CT molecular complexity index is 764. The lowest BCUT2D eigenvalue weighted by Crippen LogP contribution is -2.21. The summed E-state index contributed by atoms with van der Waals surface area (Å²) in [5.74, 6) is 0.0722. The largest absolute Gasteiger partial charge is 0.497 e. The van der Waals surface area contributed by atoms with Crippen LogP contribution >= 0.6 is 0 Å².